The molecule has 136 valence electrons. The SMILES string of the molecule is Cc1cc(C(=O)CNc2ccccc2C(F)(F)F)c(C)n1C(C)(C)C. The number of halogens is 3. The van der Waals surface area contributed by atoms with Crippen LogP contribution < -0.4 is 5.32 Å². The topological polar surface area (TPSA) is 34.0 Å². The van der Waals surface area contributed by atoms with Gasteiger partial charge in [-0.2, -0.15) is 13.2 Å². The lowest BCUT2D eigenvalue weighted by atomic mass is 10.1. The lowest BCUT2D eigenvalue weighted by Gasteiger charge is -2.25. The molecule has 1 heterocycles. The monoisotopic (exact) mass is 352 g/mol. The van der Waals surface area contributed by atoms with E-state index in [1.54, 1.807) is 6.07 Å². The number of hydrogen-bond donors (Lipinski definition) is 1. The molecule has 0 atom stereocenters. The van der Waals surface area contributed by atoms with Crippen molar-refractivity contribution in [2.24, 2.45) is 0 Å². The smallest absolute Gasteiger partial charge is 0.377 e. The molecular weight excluding hydrogens is 329 g/mol. The Kier molecular flexibility index (Phi) is 5.02. The number of ketones is 1. The maximum Gasteiger partial charge on any atom is 0.418 e. The Morgan fingerprint density at radius 2 is 1.72 bits per heavy atom. The molecule has 0 amide bonds. The first-order valence-corrected chi connectivity index (χ1v) is 8.05. The highest BCUT2D eigenvalue weighted by molar-refractivity contribution is 6.00. The van der Waals surface area contributed by atoms with Crippen LogP contribution in [0.15, 0.2) is 30.3 Å². The summed E-state index contributed by atoms with van der Waals surface area (Å²) in [4.78, 5) is 12.5. The van der Waals surface area contributed by atoms with Crippen LogP contribution >= 0.6 is 0 Å². The second-order valence-corrected chi connectivity index (χ2v) is 7.11. The summed E-state index contributed by atoms with van der Waals surface area (Å²) in [6.45, 7) is 9.70. The van der Waals surface area contributed by atoms with Gasteiger partial charge in [-0.3, -0.25) is 4.79 Å². The summed E-state index contributed by atoms with van der Waals surface area (Å²) in [7, 11) is 0. The molecule has 0 spiro atoms. The number of nitrogens with one attached hydrogen (secondary N) is 1. The Morgan fingerprint density at radius 3 is 2.24 bits per heavy atom. The molecule has 6 heteroatoms. The first-order valence-electron chi connectivity index (χ1n) is 8.05. The van der Waals surface area contributed by atoms with Gasteiger partial charge in [0.1, 0.15) is 0 Å². The molecular formula is C19H23F3N2O. The fourth-order valence-electron chi connectivity index (χ4n) is 3.23. The number of carbonyl (C=O) groups excluding carboxylic acids is 1. The fraction of sp³-hybridized carbons (Fsp3) is 0.421. The van der Waals surface area contributed by atoms with Gasteiger partial charge in [-0.25, -0.2) is 0 Å². The molecule has 0 bridgehead atoms. The molecule has 2 rings (SSSR count). The molecule has 1 aromatic carbocycles. The van der Waals surface area contributed by atoms with Gasteiger partial charge >= 0.3 is 6.18 Å². The first-order chi connectivity index (χ1) is 11.4. The summed E-state index contributed by atoms with van der Waals surface area (Å²) in [6, 6.07) is 6.95. The summed E-state index contributed by atoms with van der Waals surface area (Å²) >= 11 is 0. The summed E-state index contributed by atoms with van der Waals surface area (Å²) in [5.41, 5.74) is 1.26. The Labute approximate surface area is 145 Å². The quantitative estimate of drug-likeness (QED) is 0.770. The van der Waals surface area contributed by atoms with Crippen molar-refractivity contribution < 1.29 is 18.0 Å². The number of hydrogen-bond acceptors (Lipinski definition) is 2. The highest BCUT2D eigenvalue weighted by Crippen LogP contribution is 2.34. The van der Waals surface area contributed by atoms with E-state index in [9.17, 15) is 18.0 Å². The molecule has 0 aliphatic heterocycles. The van der Waals surface area contributed by atoms with Crippen LogP contribution in [0.3, 0.4) is 0 Å². The van der Waals surface area contributed by atoms with Gasteiger partial charge in [0.15, 0.2) is 5.78 Å². The molecule has 0 fully saturated rings. The number of rotatable bonds is 4. The van der Waals surface area contributed by atoms with Crippen molar-refractivity contribution >= 4 is 11.5 Å². The number of aryl methyl sites for hydroxylation is 1. The standard InChI is InChI=1S/C19H23F3N2O/c1-12-10-14(13(2)24(12)18(3,4)5)17(25)11-23-16-9-7-6-8-15(16)19(20,21)22/h6-10,23H,11H2,1-5H3. The van der Waals surface area contributed by atoms with Crippen LogP contribution in [0, 0.1) is 13.8 Å². The lowest BCUT2D eigenvalue weighted by Crippen LogP contribution is -2.25. The molecule has 0 radical (unpaired) electrons. The third kappa shape index (κ3) is 4.06. The van der Waals surface area contributed by atoms with Crippen molar-refractivity contribution in [1.29, 1.82) is 0 Å². The number of para-hydroxylation sites is 1. The number of carbonyl (C=O) groups is 1. The van der Waals surface area contributed by atoms with E-state index in [0.29, 0.717) is 5.56 Å². The van der Waals surface area contributed by atoms with E-state index in [4.69, 9.17) is 0 Å². The van der Waals surface area contributed by atoms with Crippen molar-refractivity contribution in [1.82, 2.24) is 4.57 Å². The third-order valence-corrected chi connectivity index (χ3v) is 4.07. The van der Waals surface area contributed by atoms with E-state index in [2.05, 4.69) is 9.88 Å². The molecule has 0 unspecified atom stereocenters. The highest BCUT2D eigenvalue weighted by Gasteiger charge is 2.33. The van der Waals surface area contributed by atoms with E-state index < -0.39 is 11.7 Å². The Hall–Kier alpha value is -2.24. The minimum absolute atomic E-state index is 0.0898. The second kappa shape index (κ2) is 6.58. The number of Topliss-reactive ketones (excluding diaryl/α,β-unsaturated/α-hetero) is 1. The Balaban J connectivity index is 2.23. The number of alkyl halides is 3. The van der Waals surface area contributed by atoms with Crippen molar-refractivity contribution in [3.8, 4) is 0 Å². The minimum Gasteiger partial charge on any atom is -0.377 e. The van der Waals surface area contributed by atoms with E-state index in [1.165, 1.54) is 18.2 Å². The van der Waals surface area contributed by atoms with Gasteiger partial charge in [0.25, 0.3) is 0 Å². The van der Waals surface area contributed by atoms with Crippen LogP contribution in [0.5, 0.6) is 0 Å². The molecule has 2 aromatic rings. The Morgan fingerprint density at radius 1 is 1.12 bits per heavy atom. The molecule has 1 aromatic heterocycles. The van der Waals surface area contributed by atoms with Gasteiger partial charge in [-0.1, -0.05) is 12.1 Å². The van der Waals surface area contributed by atoms with Crippen LogP contribution in [0.25, 0.3) is 0 Å². The van der Waals surface area contributed by atoms with Gasteiger partial charge in [-0.15, -0.1) is 0 Å². The van der Waals surface area contributed by atoms with Gasteiger partial charge < -0.3 is 9.88 Å². The highest BCUT2D eigenvalue weighted by atomic mass is 19.4. The molecule has 0 aliphatic carbocycles. The molecule has 1 N–H and O–H groups in total. The predicted octanol–water partition coefficient (Wildman–Crippen LogP) is 5.17. The van der Waals surface area contributed by atoms with Crippen molar-refractivity contribution in [2.45, 2.75) is 46.3 Å². The first kappa shape index (κ1) is 19.1. The van der Waals surface area contributed by atoms with Crippen molar-refractivity contribution in [3.05, 3.63) is 52.8 Å². The van der Waals surface area contributed by atoms with Gasteiger partial charge in [0.05, 0.1) is 12.1 Å². The molecule has 0 saturated carbocycles. The van der Waals surface area contributed by atoms with Crippen LogP contribution in [-0.4, -0.2) is 16.9 Å². The minimum atomic E-state index is -4.46. The maximum absolute atomic E-state index is 13.0. The molecule has 3 nitrogen and oxygen atoms in total. The molecule has 25 heavy (non-hydrogen) atoms. The lowest BCUT2D eigenvalue weighted by molar-refractivity contribution is -0.136. The largest absolute Gasteiger partial charge is 0.418 e. The Bertz CT molecular complexity index is 783. The zero-order valence-electron chi connectivity index (χ0n) is 15.1. The zero-order valence-corrected chi connectivity index (χ0v) is 15.1. The summed E-state index contributed by atoms with van der Waals surface area (Å²) in [5.74, 6) is -0.236. The van der Waals surface area contributed by atoms with Gasteiger partial charge in [0.2, 0.25) is 0 Å². The van der Waals surface area contributed by atoms with Gasteiger partial charge in [-0.05, 0) is 52.8 Å². The fourth-order valence-corrected chi connectivity index (χ4v) is 3.23. The summed E-state index contributed by atoms with van der Waals surface area (Å²) in [6.07, 6.45) is -4.46. The summed E-state index contributed by atoms with van der Waals surface area (Å²) in [5, 5.41) is 2.63. The third-order valence-electron chi connectivity index (χ3n) is 4.07. The van der Waals surface area contributed by atoms with E-state index in [-0.39, 0.29) is 23.6 Å². The van der Waals surface area contributed by atoms with E-state index in [0.717, 1.165) is 17.5 Å². The average Bonchev–Trinajstić information content (AvgIpc) is 2.79. The van der Waals surface area contributed by atoms with Crippen molar-refractivity contribution in [3.63, 3.8) is 0 Å². The van der Waals surface area contributed by atoms with Crippen LogP contribution in [0.1, 0.15) is 48.1 Å². The number of anilines is 1. The summed E-state index contributed by atoms with van der Waals surface area (Å²) < 4.78 is 41.1. The van der Waals surface area contributed by atoms with E-state index >= 15 is 0 Å². The zero-order chi connectivity index (χ0) is 19.0. The van der Waals surface area contributed by atoms with Gasteiger partial charge in [0, 0.05) is 28.2 Å². The molecule has 0 aliphatic rings. The van der Waals surface area contributed by atoms with Crippen LogP contribution in [0.2, 0.25) is 0 Å². The number of aromatic nitrogens is 1. The number of benzene rings is 1. The van der Waals surface area contributed by atoms with Crippen LogP contribution in [0.4, 0.5) is 18.9 Å². The number of nitrogens with zero attached hydrogens (tertiary/aromatic N) is 1. The predicted molar refractivity (Wildman–Crippen MR) is 93.2 cm³/mol. The second-order valence-electron chi connectivity index (χ2n) is 7.11. The van der Waals surface area contributed by atoms with E-state index in [1.807, 2.05) is 34.6 Å². The average molecular weight is 352 g/mol. The maximum atomic E-state index is 13.0. The van der Waals surface area contributed by atoms with Crippen LogP contribution in [-0.2, 0) is 11.7 Å². The molecule has 0 saturated heterocycles. The normalized spacial score (nSPS) is 12.3. The van der Waals surface area contributed by atoms with Crippen molar-refractivity contribution in [2.75, 3.05) is 11.9 Å².